The van der Waals surface area contributed by atoms with Crippen molar-refractivity contribution in [2.45, 2.75) is 18.6 Å². The van der Waals surface area contributed by atoms with Crippen LogP contribution in [0.15, 0.2) is 126 Å². The van der Waals surface area contributed by atoms with Gasteiger partial charge in [0.2, 0.25) is 0 Å². The van der Waals surface area contributed by atoms with Gasteiger partial charge in [-0.05, 0) is 16.7 Å². The zero-order valence-electron chi connectivity index (χ0n) is 16.8. The van der Waals surface area contributed by atoms with Crippen LogP contribution in [-0.4, -0.2) is 10.7 Å². The van der Waals surface area contributed by atoms with Crippen LogP contribution in [0.5, 0.6) is 0 Å². The van der Waals surface area contributed by atoms with Crippen molar-refractivity contribution in [1.82, 2.24) is 4.90 Å². The summed E-state index contributed by atoms with van der Waals surface area (Å²) in [6.07, 6.45) is 0. The van der Waals surface area contributed by atoms with Crippen LogP contribution < -0.4 is 0 Å². The largest absolute Gasteiger partial charge is 0.343 e. The molecule has 0 N–H and O–H groups in total. The molecule has 0 radical (unpaired) electrons. The second-order valence-corrected chi connectivity index (χ2v) is 7.64. The van der Waals surface area contributed by atoms with E-state index in [-0.39, 0.29) is 12.1 Å². The number of benzene rings is 4. The molecule has 0 amide bonds. The van der Waals surface area contributed by atoms with E-state index in [0.29, 0.717) is 0 Å². The molecule has 5 rings (SSSR count). The fraction of sp³-hybridized carbons (Fsp3) is 0.107. The lowest BCUT2D eigenvalue weighted by molar-refractivity contribution is 0.304. The second kappa shape index (κ2) is 8.38. The molecule has 4 aromatic carbocycles. The van der Waals surface area contributed by atoms with Crippen LogP contribution in [0.2, 0.25) is 0 Å². The Bertz CT molecular complexity index is 1110. The molecule has 4 aromatic rings. The summed E-state index contributed by atoms with van der Waals surface area (Å²) in [5, 5.41) is 0. The second-order valence-electron chi connectivity index (χ2n) is 7.64. The van der Waals surface area contributed by atoms with Gasteiger partial charge in [0, 0.05) is 12.1 Å². The van der Waals surface area contributed by atoms with E-state index in [0.717, 1.165) is 17.9 Å². The Kier molecular flexibility index (Phi) is 5.14. The van der Waals surface area contributed by atoms with Crippen molar-refractivity contribution in [1.29, 1.82) is 0 Å². The predicted octanol–water partition coefficient (Wildman–Crippen LogP) is 6.43. The SMILES string of the molecule is c1ccc(CN2C(c3ccccc3)=NC(c3ccccc3)C2c2ccccc2)cc1. The van der Waals surface area contributed by atoms with Gasteiger partial charge >= 0.3 is 0 Å². The minimum Gasteiger partial charge on any atom is -0.343 e. The van der Waals surface area contributed by atoms with Crippen molar-refractivity contribution < 1.29 is 0 Å². The Labute approximate surface area is 178 Å². The van der Waals surface area contributed by atoms with E-state index in [1.165, 1.54) is 16.7 Å². The molecule has 0 fully saturated rings. The van der Waals surface area contributed by atoms with Gasteiger partial charge in [0.05, 0.1) is 6.04 Å². The number of amidine groups is 1. The zero-order valence-corrected chi connectivity index (χ0v) is 16.8. The molecule has 30 heavy (non-hydrogen) atoms. The minimum absolute atomic E-state index is 0.0486. The third kappa shape index (κ3) is 3.65. The van der Waals surface area contributed by atoms with Gasteiger partial charge in [-0.3, -0.25) is 4.99 Å². The molecule has 2 atom stereocenters. The molecule has 2 nitrogen and oxygen atoms in total. The summed E-state index contributed by atoms with van der Waals surface area (Å²) in [5.41, 5.74) is 4.98. The molecule has 0 aromatic heterocycles. The summed E-state index contributed by atoms with van der Waals surface area (Å²) in [6.45, 7) is 0.817. The van der Waals surface area contributed by atoms with Crippen molar-refractivity contribution in [3.63, 3.8) is 0 Å². The quantitative estimate of drug-likeness (QED) is 0.384. The van der Waals surface area contributed by atoms with E-state index in [2.05, 4.69) is 126 Å². The maximum atomic E-state index is 5.31. The molecule has 1 heterocycles. The highest BCUT2D eigenvalue weighted by Crippen LogP contribution is 2.44. The lowest BCUT2D eigenvalue weighted by Gasteiger charge is -2.31. The first-order valence-electron chi connectivity index (χ1n) is 10.4. The summed E-state index contributed by atoms with van der Waals surface area (Å²) in [7, 11) is 0. The average Bonchev–Trinajstić information content (AvgIpc) is 3.20. The van der Waals surface area contributed by atoms with Crippen LogP contribution in [0, 0.1) is 0 Å². The number of nitrogens with zero attached hydrogens (tertiary/aromatic N) is 2. The van der Waals surface area contributed by atoms with E-state index in [1.54, 1.807) is 0 Å². The maximum Gasteiger partial charge on any atom is 0.132 e. The Morgan fingerprint density at radius 1 is 0.567 bits per heavy atom. The van der Waals surface area contributed by atoms with Crippen molar-refractivity contribution >= 4 is 5.84 Å². The van der Waals surface area contributed by atoms with Gasteiger partial charge in [0.25, 0.3) is 0 Å². The van der Waals surface area contributed by atoms with Crippen LogP contribution in [0.4, 0.5) is 0 Å². The van der Waals surface area contributed by atoms with Gasteiger partial charge < -0.3 is 4.90 Å². The fourth-order valence-corrected chi connectivity index (χ4v) is 4.28. The Balaban J connectivity index is 1.65. The highest BCUT2D eigenvalue weighted by atomic mass is 15.3. The molecule has 146 valence electrons. The Hall–Kier alpha value is -3.65. The third-order valence-electron chi connectivity index (χ3n) is 5.68. The molecule has 0 saturated carbocycles. The standard InChI is InChI=1S/C28H24N2/c1-5-13-22(14-6-1)21-30-27(24-17-9-3-10-18-24)26(23-15-7-2-8-16-23)29-28(30)25-19-11-4-12-20-25/h1-20,26-27H,21H2. The molecule has 2 heteroatoms. The summed E-state index contributed by atoms with van der Waals surface area (Å²) in [6, 6.07) is 42.9. The van der Waals surface area contributed by atoms with Gasteiger partial charge in [-0.2, -0.15) is 0 Å². The molecular formula is C28H24N2. The van der Waals surface area contributed by atoms with E-state index in [1.807, 2.05) is 0 Å². The topological polar surface area (TPSA) is 15.6 Å². The van der Waals surface area contributed by atoms with Gasteiger partial charge in [-0.25, -0.2) is 0 Å². The van der Waals surface area contributed by atoms with Crippen molar-refractivity contribution in [3.05, 3.63) is 144 Å². The van der Waals surface area contributed by atoms with Gasteiger partial charge in [0.15, 0.2) is 0 Å². The van der Waals surface area contributed by atoms with Gasteiger partial charge in [0.1, 0.15) is 11.9 Å². The molecule has 0 spiro atoms. The smallest absolute Gasteiger partial charge is 0.132 e. The highest BCUT2D eigenvalue weighted by molar-refractivity contribution is 6.00. The first-order chi connectivity index (χ1) is 14.9. The fourth-order valence-electron chi connectivity index (χ4n) is 4.28. The van der Waals surface area contributed by atoms with E-state index in [9.17, 15) is 0 Å². The van der Waals surface area contributed by atoms with E-state index in [4.69, 9.17) is 4.99 Å². The van der Waals surface area contributed by atoms with E-state index >= 15 is 0 Å². The molecule has 1 aliphatic rings. The highest BCUT2D eigenvalue weighted by Gasteiger charge is 2.38. The number of hydrogen-bond donors (Lipinski definition) is 0. The lowest BCUT2D eigenvalue weighted by Crippen LogP contribution is -2.31. The van der Waals surface area contributed by atoms with Gasteiger partial charge in [-0.15, -0.1) is 0 Å². The number of hydrogen-bond acceptors (Lipinski definition) is 2. The average molecular weight is 389 g/mol. The monoisotopic (exact) mass is 388 g/mol. The molecule has 0 bridgehead atoms. The lowest BCUT2D eigenvalue weighted by atomic mass is 9.93. The first-order valence-corrected chi connectivity index (χ1v) is 10.4. The summed E-state index contributed by atoms with van der Waals surface area (Å²) in [4.78, 5) is 7.78. The first kappa shape index (κ1) is 18.4. The third-order valence-corrected chi connectivity index (χ3v) is 5.68. The summed E-state index contributed by atoms with van der Waals surface area (Å²) >= 11 is 0. The number of rotatable bonds is 5. The minimum atomic E-state index is 0.0486. The van der Waals surface area contributed by atoms with Crippen LogP contribution in [0.3, 0.4) is 0 Å². The molecule has 2 unspecified atom stereocenters. The number of aliphatic imine (C=N–C) groups is 1. The van der Waals surface area contributed by atoms with Crippen LogP contribution >= 0.6 is 0 Å². The predicted molar refractivity (Wildman–Crippen MR) is 123 cm³/mol. The normalized spacial score (nSPS) is 18.3. The van der Waals surface area contributed by atoms with Crippen LogP contribution in [0.25, 0.3) is 0 Å². The summed E-state index contributed by atoms with van der Waals surface area (Å²) < 4.78 is 0. The van der Waals surface area contributed by atoms with Crippen molar-refractivity contribution in [2.75, 3.05) is 0 Å². The van der Waals surface area contributed by atoms with Crippen molar-refractivity contribution in [3.8, 4) is 0 Å². The van der Waals surface area contributed by atoms with Crippen LogP contribution in [-0.2, 0) is 6.54 Å². The molecule has 1 aliphatic heterocycles. The van der Waals surface area contributed by atoms with E-state index < -0.39 is 0 Å². The molecular weight excluding hydrogens is 364 g/mol. The molecule has 0 aliphatic carbocycles. The zero-order chi connectivity index (χ0) is 20.2. The maximum absolute atomic E-state index is 5.31. The summed E-state index contributed by atoms with van der Waals surface area (Å²) in [5.74, 6) is 1.06. The van der Waals surface area contributed by atoms with Crippen LogP contribution in [0.1, 0.15) is 34.3 Å². The Morgan fingerprint density at radius 2 is 1.07 bits per heavy atom. The van der Waals surface area contributed by atoms with Gasteiger partial charge in [-0.1, -0.05) is 121 Å². The Morgan fingerprint density at radius 3 is 1.67 bits per heavy atom. The van der Waals surface area contributed by atoms with Crippen molar-refractivity contribution in [2.24, 2.45) is 4.99 Å². The molecule has 0 saturated heterocycles.